The summed E-state index contributed by atoms with van der Waals surface area (Å²) in [4.78, 5) is 11.8. The summed E-state index contributed by atoms with van der Waals surface area (Å²) < 4.78 is 16.9. The lowest BCUT2D eigenvalue weighted by molar-refractivity contribution is -0.143. The molecule has 1 saturated heterocycles. The summed E-state index contributed by atoms with van der Waals surface area (Å²) in [5.41, 5.74) is 1.13. The molecular weight excluding hydrogens is 304 g/mol. The highest BCUT2D eigenvalue weighted by molar-refractivity contribution is 5.83. The van der Waals surface area contributed by atoms with Crippen molar-refractivity contribution in [1.29, 1.82) is 0 Å². The number of hydrogen-bond acceptors (Lipinski definition) is 4. The van der Waals surface area contributed by atoms with Gasteiger partial charge in [-0.15, -0.1) is 6.58 Å². The molecule has 0 aliphatic carbocycles. The van der Waals surface area contributed by atoms with Crippen molar-refractivity contribution in [3.63, 3.8) is 0 Å². The number of carbonyl (C=O) groups excluding carboxylic acids is 1. The van der Waals surface area contributed by atoms with Crippen LogP contribution in [0.3, 0.4) is 0 Å². The molecule has 3 atom stereocenters. The standard InChI is InChI=1S/C20H28O4/c1-4-5-20-19(21)11-10-18(24-20)12-15(2)13-23-14-16-6-8-17(22-3)9-7-16/h4,6-9,15,18,20H,1,5,10-14H2,2-3H3/t15-,18+,20+/m1/s1. The minimum absolute atomic E-state index is 0.146. The minimum atomic E-state index is -0.298. The normalized spacial score (nSPS) is 22.2. The molecule has 0 unspecified atom stereocenters. The van der Waals surface area contributed by atoms with Crippen LogP contribution in [0.15, 0.2) is 36.9 Å². The van der Waals surface area contributed by atoms with Crippen LogP contribution < -0.4 is 4.74 Å². The first-order valence-corrected chi connectivity index (χ1v) is 8.62. The van der Waals surface area contributed by atoms with Crippen LogP contribution in [-0.4, -0.2) is 31.7 Å². The van der Waals surface area contributed by atoms with Gasteiger partial charge >= 0.3 is 0 Å². The Morgan fingerprint density at radius 3 is 2.79 bits per heavy atom. The molecular formula is C20H28O4. The van der Waals surface area contributed by atoms with E-state index in [1.807, 2.05) is 24.3 Å². The number of ether oxygens (including phenoxy) is 3. The maximum absolute atomic E-state index is 11.8. The minimum Gasteiger partial charge on any atom is -0.497 e. The molecule has 2 rings (SSSR count). The molecule has 1 aliphatic heterocycles. The summed E-state index contributed by atoms with van der Waals surface area (Å²) in [6, 6.07) is 7.90. The zero-order valence-electron chi connectivity index (χ0n) is 14.7. The van der Waals surface area contributed by atoms with Crippen molar-refractivity contribution >= 4 is 5.78 Å². The van der Waals surface area contributed by atoms with Crippen molar-refractivity contribution in [2.45, 2.75) is 51.4 Å². The zero-order valence-corrected chi connectivity index (χ0v) is 14.7. The highest BCUT2D eigenvalue weighted by atomic mass is 16.5. The number of rotatable bonds is 9. The van der Waals surface area contributed by atoms with E-state index in [-0.39, 0.29) is 18.0 Å². The van der Waals surface area contributed by atoms with Crippen LogP contribution in [0.25, 0.3) is 0 Å². The number of Topliss-reactive ketones (excluding diaryl/α,β-unsaturated/α-hetero) is 1. The van der Waals surface area contributed by atoms with Crippen LogP contribution in [0.1, 0.15) is 38.2 Å². The molecule has 24 heavy (non-hydrogen) atoms. The van der Waals surface area contributed by atoms with Crippen molar-refractivity contribution in [2.24, 2.45) is 5.92 Å². The summed E-state index contributed by atoms with van der Waals surface area (Å²) in [5, 5.41) is 0. The molecule has 0 aromatic heterocycles. The van der Waals surface area contributed by atoms with Crippen LogP contribution in [-0.2, 0) is 20.9 Å². The lowest BCUT2D eigenvalue weighted by Crippen LogP contribution is -2.36. The third kappa shape index (κ3) is 5.77. The summed E-state index contributed by atoms with van der Waals surface area (Å²) in [6.07, 6.45) is 4.56. The molecule has 0 amide bonds. The van der Waals surface area contributed by atoms with E-state index in [0.717, 1.165) is 24.2 Å². The predicted molar refractivity (Wildman–Crippen MR) is 94.1 cm³/mol. The summed E-state index contributed by atoms with van der Waals surface area (Å²) >= 11 is 0. The van der Waals surface area contributed by atoms with E-state index in [9.17, 15) is 4.79 Å². The van der Waals surface area contributed by atoms with E-state index >= 15 is 0 Å². The van der Waals surface area contributed by atoms with Crippen molar-refractivity contribution in [2.75, 3.05) is 13.7 Å². The maximum atomic E-state index is 11.8. The molecule has 132 valence electrons. The number of methoxy groups -OCH3 is 1. The Hall–Kier alpha value is -1.65. The van der Waals surface area contributed by atoms with Gasteiger partial charge in [0.25, 0.3) is 0 Å². The smallest absolute Gasteiger partial charge is 0.161 e. The van der Waals surface area contributed by atoms with Gasteiger partial charge in [0.1, 0.15) is 11.9 Å². The van der Waals surface area contributed by atoms with Crippen molar-refractivity contribution in [3.8, 4) is 5.75 Å². The Labute approximate surface area is 144 Å². The highest BCUT2D eigenvalue weighted by Gasteiger charge is 2.29. The highest BCUT2D eigenvalue weighted by Crippen LogP contribution is 2.24. The maximum Gasteiger partial charge on any atom is 0.161 e. The van der Waals surface area contributed by atoms with Gasteiger partial charge < -0.3 is 14.2 Å². The Kier molecular flexibility index (Phi) is 7.47. The van der Waals surface area contributed by atoms with Crippen LogP contribution in [0.5, 0.6) is 5.75 Å². The second-order valence-corrected chi connectivity index (χ2v) is 6.48. The SMILES string of the molecule is C=CC[C@@H]1O[C@H](C[C@@H](C)COCc2ccc(OC)cc2)CCC1=O. The van der Waals surface area contributed by atoms with Crippen molar-refractivity contribution in [1.82, 2.24) is 0 Å². The molecule has 0 bridgehead atoms. The largest absolute Gasteiger partial charge is 0.497 e. The second-order valence-electron chi connectivity index (χ2n) is 6.48. The number of carbonyl (C=O) groups is 1. The molecule has 0 saturated carbocycles. The topological polar surface area (TPSA) is 44.8 Å². The molecule has 1 fully saturated rings. The number of ketones is 1. The van der Waals surface area contributed by atoms with Gasteiger partial charge in [-0.3, -0.25) is 4.79 Å². The first-order chi connectivity index (χ1) is 11.6. The van der Waals surface area contributed by atoms with Gasteiger partial charge in [-0.2, -0.15) is 0 Å². The molecule has 4 heteroatoms. The monoisotopic (exact) mass is 332 g/mol. The molecule has 0 spiro atoms. The fraction of sp³-hybridized carbons (Fsp3) is 0.550. The summed E-state index contributed by atoms with van der Waals surface area (Å²) in [5.74, 6) is 1.45. The van der Waals surface area contributed by atoms with E-state index in [1.54, 1.807) is 13.2 Å². The van der Waals surface area contributed by atoms with E-state index < -0.39 is 0 Å². The average Bonchev–Trinajstić information content (AvgIpc) is 2.59. The fourth-order valence-corrected chi connectivity index (χ4v) is 2.97. The molecule has 1 aromatic carbocycles. The Morgan fingerprint density at radius 2 is 2.12 bits per heavy atom. The Bertz CT molecular complexity index is 523. The van der Waals surface area contributed by atoms with Gasteiger partial charge in [0.05, 0.1) is 19.8 Å². The van der Waals surface area contributed by atoms with Crippen LogP contribution >= 0.6 is 0 Å². The van der Waals surface area contributed by atoms with Gasteiger partial charge in [0.15, 0.2) is 5.78 Å². The van der Waals surface area contributed by atoms with Crippen molar-refractivity contribution in [3.05, 3.63) is 42.5 Å². The van der Waals surface area contributed by atoms with E-state index in [1.165, 1.54) is 0 Å². The zero-order chi connectivity index (χ0) is 17.4. The third-order valence-corrected chi connectivity index (χ3v) is 4.30. The van der Waals surface area contributed by atoms with Gasteiger partial charge in [-0.05, 0) is 42.9 Å². The van der Waals surface area contributed by atoms with E-state index in [4.69, 9.17) is 14.2 Å². The fourth-order valence-electron chi connectivity index (χ4n) is 2.97. The van der Waals surface area contributed by atoms with Gasteiger partial charge in [-0.1, -0.05) is 25.1 Å². The summed E-state index contributed by atoms with van der Waals surface area (Å²) in [6.45, 7) is 7.14. The number of benzene rings is 1. The van der Waals surface area contributed by atoms with E-state index in [2.05, 4.69) is 13.5 Å². The van der Waals surface area contributed by atoms with Crippen molar-refractivity contribution < 1.29 is 19.0 Å². The molecule has 1 aromatic rings. The van der Waals surface area contributed by atoms with Crippen LogP contribution in [0, 0.1) is 5.92 Å². The average molecular weight is 332 g/mol. The van der Waals surface area contributed by atoms with Crippen LogP contribution in [0.2, 0.25) is 0 Å². The lowest BCUT2D eigenvalue weighted by atomic mass is 9.95. The summed E-state index contributed by atoms with van der Waals surface area (Å²) in [7, 11) is 1.66. The first kappa shape index (κ1) is 18.7. The quantitative estimate of drug-likeness (QED) is 0.643. The van der Waals surface area contributed by atoms with Gasteiger partial charge in [0, 0.05) is 13.0 Å². The third-order valence-electron chi connectivity index (χ3n) is 4.30. The second kappa shape index (κ2) is 9.60. The molecule has 0 N–H and O–H groups in total. The Balaban J connectivity index is 1.69. The number of hydrogen-bond donors (Lipinski definition) is 0. The van der Waals surface area contributed by atoms with Gasteiger partial charge in [0.2, 0.25) is 0 Å². The molecule has 4 nitrogen and oxygen atoms in total. The predicted octanol–water partition coefficient (Wildman–Crippen LogP) is 3.93. The van der Waals surface area contributed by atoms with E-state index in [0.29, 0.717) is 32.0 Å². The molecule has 1 aliphatic rings. The Morgan fingerprint density at radius 1 is 1.38 bits per heavy atom. The lowest BCUT2D eigenvalue weighted by Gasteiger charge is -2.30. The molecule has 1 heterocycles. The van der Waals surface area contributed by atoms with Crippen LogP contribution in [0.4, 0.5) is 0 Å². The van der Waals surface area contributed by atoms with Gasteiger partial charge in [-0.25, -0.2) is 0 Å². The first-order valence-electron chi connectivity index (χ1n) is 8.62. The molecule has 0 radical (unpaired) electrons.